The molecule has 3 heterocycles. The molecule has 0 saturated carbocycles. The fraction of sp³-hybridized carbons (Fsp3) is 0.217. The molecule has 162 valence electrons. The Hall–Kier alpha value is -3.84. The number of rotatable bonds is 4. The van der Waals surface area contributed by atoms with E-state index in [0.29, 0.717) is 30.3 Å². The number of aliphatic imine (C=N–C) groups is 1. The molecule has 5 rings (SSSR count). The molecule has 32 heavy (non-hydrogen) atoms. The summed E-state index contributed by atoms with van der Waals surface area (Å²) in [6, 6.07) is 13.3. The molecular formula is C23H19F3N6. The summed E-state index contributed by atoms with van der Waals surface area (Å²) in [6.45, 7) is 0.933. The Labute approximate surface area is 182 Å². The van der Waals surface area contributed by atoms with Gasteiger partial charge in [-0.1, -0.05) is 30.3 Å². The molecule has 0 spiro atoms. The van der Waals surface area contributed by atoms with Crippen LogP contribution in [0.3, 0.4) is 0 Å². The van der Waals surface area contributed by atoms with Crippen molar-refractivity contribution in [3.05, 3.63) is 70.8 Å². The van der Waals surface area contributed by atoms with Crippen LogP contribution < -0.4 is 16.0 Å². The van der Waals surface area contributed by atoms with E-state index in [4.69, 9.17) is 5.73 Å². The second-order valence-corrected chi connectivity index (χ2v) is 7.81. The first-order chi connectivity index (χ1) is 15.4. The monoisotopic (exact) mass is 436 g/mol. The number of anilines is 3. The van der Waals surface area contributed by atoms with Gasteiger partial charge in [-0.3, -0.25) is 0 Å². The van der Waals surface area contributed by atoms with Gasteiger partial charge in [-0.05, 0) is 41.6 Å². The summed E-state index contributed by atoms with van der Waals surface area (Å²) < 4.78 is 39.5. The van der Waals surface area contributed by atoms with Gasteiger partial charge >= 0.3 is 6.18 Å². The molecule has 9 heteroatoms. The summed E-state index contributed by atoms with van der Waals surface area (Å²) in [4.78, 5) is 14.6. The number of nitrogens with one attached hydrogen (secondary N) is 1. The molecule has 1 aromatic heterocycles. The zero-order valence-electron chi connectivity index (χ0n) is 16.9. The van der Waals surface area contributed by atoms with Crippen molar-refractivity contribution in [2.24, 2.45) is 4.99 Å². The average molecular weight is 436 g/mol. The normalized spacial score (nSPS) is 16.7. The van der Waals surface area contributed by atoms with Crippen LogP contribution in [0.4, 0.5) is 36.4 Å². The predicted octanol–water partition coefficient (Wildman–Crippen LogP) is 4.45. The summed E-state index contributed by atoms with van der Waals surface area (Å²) >= 11 is 0. The fourth-order valence-corrected chi connectivity index (χ4v) is 4.15. The molecule has 2 aromatic carbocycles. The standard InChI is InChI=1S/C23H19F3N6/c24-23(25,26)16-6-3-4-14(10-16)12-32-13-17(11-15-5-1-2-7-19(15)32)29-21-18-8-9-28-20(18)30-22(27)31-21/h1-8,10,17H,11-13H2,(H3,27,29,30,31). The Bertz CT molecular complexity index is 1250. The summed E-state index contributed by atoms with van der Waals surface area (Å²) in [5, 5.41) is 3.43. The third-order valence-electron chi connectivity index (χ3n) is 5.53. The highest BCUT2D eigenvalue weighted by atomic mass is 19.4. The number of fused-ring (bicyclic) bond motifs is 2. The average Bonchev–Trinajstić information content (AvgIpc) is 3.22. The smallest absolute Gasteiger partial charge is 0.368 e. The van der Waals surface area contributed by atoms with Crippen molar-refractivity contribution in [1.29, 1.82) is 0 Å². The Morgan fingerprint density at radius 3 is 2.81 bits per heavy atom. The number of benzene rings is 2. The van der Waals surface area contributed by atoms with Gasteiger partial charge in [0.05, 0.1) is 11.1 Å². The van der Waals surface area contributed by atoms with Crippen LogP contribution in [0.2, 0.25) is 0 Å². The second-order valence-electron chi connectivity index (χ2n) is 7.81. The number of hydrogen-bond donors (Lipinski definition) is 2. The number of alkyl halides is 3. The number of para-hydroxylation sites is 1. The van der Waals surface area contributed by atoms with Crippen LogP contribution >= 0.6 is 0 Å². The summed E-state index contributed by atoms with van der Waals surface area (Å²) in [6.07, 6.45) is -1.93. The number of aromatic nitrogens is 2. The van der Waals surface area contributed by atoms with E-state index >= 15 is 0 Å². The van der Waals surface area contributed by atoms with E-state index in [-0.39, 0.29) is 12.0 Å². The van der Waals surface area contributed by atoms with E-state index in [1.54, 1.807) is 12.1 Å². The first kappa shape index (κ1) is 20.1. The lowest BCUT2D eigenvalue weighted by Crippen LogP contribution is -2.42. The number of nitrogen functional groups attached to an aromatic ring is 1. The van der Waals surface area contributed by atoms with Crippen LogP contribution in [0.1, 0.15) is 22.3 Å². The van der Waals surface area contributed by atoms with Crippen molar-refractivity contribution in [3.8, 4) is 0 Å². The number of nitrogens with two attached hydrogens (primary N) is 1. The van der Waals surface area contributed by atoms with Gasteiger partial charge in [-0.2, -0.15) is 28.1 Å². The van der Waals surface area contributed by atoms with Gasteiger partial charge < -0.3 is 16.0 Å². The Morgan fingerprint density at radius 2 is 1.97 bits per heavy atom. The lowest BCUT2D eigenvalue weighted by molar-refractivity contribution is -0.137. The van der Waals surface area contributed by atoms with Crippen molar-refractivity contribution in [2.45, 2.75) is 25.2 Å². The van der Waals surface area contributed by atoms with E-state index in [2.05, 4.69) is 31.0 Å². The molecule has 0 bridgehead atoms. The maximum absolute atomic E-state index is 13.2. The van der Waals surface area contributed by atoms with E-state index in [0.717, 1.165) is 29.3 Å². The van der Waals surface area contributed by atoms with Crippen LogP contribution in [-0.2, 0) is 19.1 Å². The van der Waals surface area contributed by atoms with Crippen LogP contribution in [0.5, 0.6) is 0 Å². The summed E-state index contributed by atoms with van der Waals surface area (Å²) in [5.74, 6) is 3.92. The molecule has 6 nitrogen and oxygen atoms in total. The van der Waals surface area contributed by atoms with E-state index in [9.17, 15) is 13.2 Å². The van der Waals surface area contributed by atoms with Gasteiger partial charge in [-0.25, -0.2) is 0 Å². The van der Waals surface area contributed by atoms with E-state index in [1.165, 1.54) is 12.1 Å². The lowest BCUT2D eigenvalue weighted by atomic mass is 9.97. The van der Waals surface area contributed by atoms with Crippen molar-refractivity contribution in [2.75, 3.05) is 22.5 Å². The highest BCUT2D eigenvalue weighted by Gasteiger charge is 2.31. The van der Waals surface area contributed by atoms with Crippen molar-refractivity contribution >= 4 is 35.2 Å². The highest BCUT2D eigenvalue weighted by molar-refractivity contribution is 5.92. The molecule has 0 saturated heterocycles. The topological polar surface area (TPSA) is 79.4 Å². The number of hydrogen-bond acceptors (Lipinski definition) is 6. The first-order valence-electron chi connectivity index (χ1n) is 10.1. The van der Waals surface area contributed by atoms with Gasteiger partial charge in [0, 0.05) is 30.9 Å². The molecule has 0 radical (unpaired) electrons. The molecule has 3 N–H and O–H groups in total. The minimum absolute atomic E-state index is 0.0388. The highest BCUT2D eigenvalue weighted by Crippen LogP contribution is 2.34. The zero-order chi connectivity index (χ0) is 22.3. The molecule has 0 fully saturated rings. The van der Waals surface area contributed by atoms with Crippen molar-refractivity contribution in [1.82, 2.24) is 9.97 Å². The molecule has 1 unspecified atom stereocenters. The third kappa shape index (κ3) is 3.90. The summed E-state index contributed by atoms with van der Waals surface area (Å²) in [5.41, 5.74) is 8.62. The maximum Gasteiger partial charge on any atom is 0.416 e. The molecular weight excluding hydrogens is 417 g/mol. The quantitative estimate of drug-likeness (QED) is 0.494. The largest absolute Gasteiger partial charge is 0.416 e. The van der Waals surface area contributed by atoms with E-state index in [1.807, 2.05) is 24.3 Å². The Balaban J connectivity index is 1.43. The maximum atomic E-state index is 13.2. The van der Waals surface area contributed by atoms with Crippen molar-refractivity contribution < 1.29 is 13.2 Å². The minimum Gasteiger partial charge on any atom is -0.368 e. The van der Waals surface area contributed by atoms with Gasteiger partial charge in [0.2, 0.25) is 5.95 Å². The molecule has 3 aromatic rings. The third-order valence-corrected chi connectivity index (χ3v) is 5.53. The van der Waals surface area contributed by atoms with Crippen LogP contribution in [0.25, 0.3) is 6.08 Å². The fourth-order valence-electron chi connectivity index (χ4n) is 4.15. The summed E-state index contributed by atoms with van der Waals surface area (Å²) in [7, 11) is 0. The predicted molar refractivity (Wildman–Crippen MR) is 118 cm³/mol. The number of halogens is 3. The molecule has 2 aliphatic rings. The zero-order valence-corrected chi connectivity index (χ0v) is 16.9. The van der Waals surface area contributed by atoms with Crippen LogP contribution in [-0.4, -0.2) is 28.4 Å². The van der Waals surface area contributed by atoms with Gasteiger partial charge in [0.1, 0.15) is 5.82 Å². The minimum atomic E-state index is -4.37. The Kier molecular flexibility index (Phi) is 4.83. The molecule has 0 amide bonds. The van der Waals surface area contributed by atoms with Gasteiger partial charge in [0.15, 0.2) is 5.82 Å². The first-order valence-corrected chi connectivity index (χ1v) is 10.1. The molecule has 1 atom stereocenters. The second kappa shape index (κ2) is 7.69. The van der Waals surface area contributed by atoms with E-state index < -0.39 is 11.7 Å². The molecule has 0 aliphatic carbocycles. The van der Waals surface area contributed by atoms with Crippen molar-refractivity contribution in [3.63, 3.8) is 0 Å². The van der Waals surface area contributed by atoms with Gasteiger partial charge in [-0.15, -0.1) is 0 Å². The molecule has 2 aliphatic heterocycles. The SMILES string of the molecule is Nc1nc2c(c(NC3Cc4ccccc4N(Cc4cccc(C(F)(F)F)c4)C3)n1)C=C=N2. The number of nitrogens with zero attached hydrogens (tertiary/aromatic N) is 4. The van der Waals surface area contributed by atoms with Gasteiger partial charge in [0.25, 0.3) is 0 Å². The van der Waals surface area contributed by atoms with Crippen LogP contribution in [0, 0.1) is 0 Å². The Morgan fingerprint density at radius 1 is 1.12 bits per heavy atom. The van der Waals surface area contributed by atoms with Crippen LogP contribution in [0.15, 0.2) is 53.5 Å². The lowest BCUT2D eigenvalue weighted by Gasteiger charge is -2.37.